The summed E-state index contributed by atoms with van der Waals surface area (Å²) in [6.45, 7) is 2.25. The molecule has 0 aliphatic rings. The molecule has 0 aliphatic heterocycles. The summed E-state index contributed by atoms with van der Waals surface area (Å²) >= 11 is 1.70. The minimum atomic E-state index is -2.91. The second kappa shape index (κ2) is 10.1. The van der Waals surface area contributed by atoms with Crippen LogP contribution in [0.25, 0.3) is 0 Å². The van der Waals surface area contributed by atoms with Crippen LogP contribution in [0.15, 0.2) is 23.2 Å². The van der Waals surface area contributed by atoms with E-state index in [9.17, 15) is 8.78 Å². The topological polar surface area (TPSA) is 67.8 Å². The van der Waals surface area contributed by atoms with Gasteiger partial charge in [-0.15, -0.1) is 11.3 Å². The molecular weight excluding hydrogens is 374 g/mol. The number of guanidine groups is 1. The Labute approximate surface area is 161 Å². The van der Waals surface area contributed by atoms with Crippen molar-refractivity contribution >= 4 is 17.3 Å². The van der Waals surface area contributed by atoms with Gasteiger partial charge in [0.2, 0.25) is 0 Å². The Hall–Kier alpha value is -2.42. The van der Waals surface area contributed by atoms with Gasteiger partial charge in [0.15, 0.2) is 17.5 Å². The summed E-state index contributed by atoms with van der Waals surface area (Å²) in [5, 5.41) is 7.44. The van der Waals surface area contributed by atoms with Crippen LogP contribution in [0.1, 0.15) is 21.1 Å². The van der Waals surface area contributed by atoms with Gasteiger partial charge >= 0.3 is 6.61 Å². The third-order valence-electron chi connectivity index (χ3n) is 3.83. The van der Waals surface area contributed by atoms with E-state index in [2.05, 4.69) is 32.3 Å². The zero-order valence-corrected chi connectivity index (χ0v) is 16.6. The van der Waals surface area contributed by atoms with Crippen molar-refractivity contribution in [2.45, 2.75) is 33.4 Å². The van der Waals surface area contributed by atoms with Crippen molar-refractivity contribution in [3.63, 3.8) is 0 Å². The highest BCUT2D eigenvalue weighted by molar-refractivity contribution is 7.11. The lowest BCUT2D eigenvalue weighted by molar-refractivity contribution is -0.0512. The number of rotatable bonds is 8. The first-order chi connectivity index (χ1) is 12.9. The number of nitrogens with zero attached hydrogens (tertiary/aromatic N) is 2. The molecule has 148 valence electrons. The molecule has 1 aromatic heterocycles. The standard InChI is InChI=1S/C18H24F2N4O2S/c1-11-12(2)27-16(24-11)7-8-22-18(21-3)23-10-13-5-6-14(25-4)15(9-13)26-17(19)20/h5-6,9,17H,7-8,10H2,1-4H3,(H2,21,22,23). The van der Waals surface area contributed by atoms with E-state index in [0.29, 0.717) is 19.0 Å². The van der Waals surface area contributed by atoms with Gasteiger partial charge in [0, 0.05) is 31.4 Å². The summed E-state index contributed by atoms with van der Waals surface area (Å²) in [7, 11) is 3.08. The quantitative estimate of drug-likeness (QED) is 0.528. The van der Waals surface area contributed by atoms with Gasteiger partial charge < -0.3 is 20.1 Å². The Morgan fingerprint density at radius 2 is 2.04 bits per heavy atom. The van der Waals surface area contributed by atoms with Gasteiger partial charge in [-0.25, -0.2) is 4.98 Å². The molecule has 0 amide bonds. The Bertz CT molecular complexity index is 761. The number of hydrogen-bond acceptors (Lipinski definition) is 5. The van der Waals surface area contributed by atoms with Crippen LogP contribution in [0.5, 0.6) is 11.5 Å². The number of thiazole rings is 1. The second-order valence-electron chi connectivity index (χ2n) is 5.72. The maximum Gasteiger partial charge on any atom is 0.387 e. The fourth-order valence-electron chi connectivity index (χ4n) is 2.36. The molecule has 0 saturated carbocycles. The van der Waals surface area contributed by atoms with Crippen molar-refractivity contribution in [1.82, 2.24) is 15.6 Å². The number of halogens is 2. The Balaban J connectivity index is 1.87. The molecule has 6 nitrogen and oxygen atoms in total. The Morgan fingerprint density at radius 3 is 2.63 bits per heavy atom. The molecule has 0 spiro atoms. The predicted molar refractivity (Wildman–Crippen MR) is 103 cm³/mol. The average molecular weight is 398 g/mol. The van der Waals surface area contributed by atoms with Crippen molar-refractivity contribution in [2.75, 3.05) is 20.7 Å². The molecule has 0 radical (unpaired) electrons. The first-order valence-corrected chi connectivity index (χ1v) is 9.23. The number of methoxy groups -OCH3 is 1. The van der Waals surface area contributed by atoms with Gasteiger partial charge in [-0.1, -0.05) is 6.07 Å². The summed E-state index contributed by atoms with van der Waals surface area (Å²) in [6.07, 6.45) is 0.801. The second-order valence-corrected chi connectivity index (χ2v) is 7.00. The largest absolute Gasteiger partial charge is 0.493 e. The Morgan fingerprint density at radius 1 is 1.26 bits per heavy atom. The summed E-state index contributed by atoms with van der Waals surface area (Å²) in [6, 6.07) is 4.89. The molecule has 0 atom stereocenters. The average Bonchev–Trinajstić information content (AvgIpc) is 2.95. The lowest BCUT2D eigenvalue weighted by Crippen LogP contribution is -2.37. The molecule has 0 saturated heterocycles. The maximum absolute atomic E-state index is 12.5. The van der Waals surface area contributed by atoms with E-state index in [1.165, 1.54) is 18.1 Å². The molecule has 9 heteroatoms. The highest BCUT2D eigenvalue weighted by Gasteiger charge is 2.11. The van der Waals surface area contributed by atoms with Crippen LogP contribution in [0, 0.1) is 13.8 Å². The number of alkyl halides is 2. The molecule has 27 heavy (non-hydrogen) atoms. The SMILES string of the molecule is CN=C(NCCc1nc(C)c(C)s1)NCc1ccc(OC)c(OC(F)F)c1. The van der Waals surface area contributed by atoms with E-state index < -0.39 is 6.61 Å². The normalized spacial score (nSPS) is 11.6. The molecular formula is C18H24F2N4O2S. The van der Waals surface area contributed by atoms with Crippen LogP contribution in [0.4, 0.5) is 8.78 Å². The molecule has 0 fully saturated rings. The molecule has 1 heterocycles. The van der Waals surface area contributed by atoms with Gasteiger partial charge in [-0.05, 0) is 31.5 Å². The summed E-state index contributed by atoms with van der Waals surface area (Å²) in [5.41, 5.74) is 1.83. The number of aliphatic imine (C=N–C) groups is 1. The van der Waals surface area contributed by atoms with E-state index >= 15 is 0 Å². The van der Waals surface area contributed by atoms with Crippen LogP contribution >= 0.6 is 11.3 Å². The minimum absolute atomic E-state index is 0.00394. The van der Waals surface area contributed by atoms with Crippen LogP contribution < -0.4 is 20.1 Å². The Kier molecular flexibility index (Phi) is 7.78. The third-order valence-corrected chi connectivity index (χ3v) is 4.96. The molecule has 0 aliphatic carbocycles. The van der Waals surface area contributed by atoms with Gasteiger partial charge in [0.25, 0.3) is 0 Å². The fraction of sp³-hybridized carbons (Fsp3) is 0.444. The van der Waals surface area contributed by atoms with E-state index in [1.807, 2.05) is 6.92 Å². The lowest BCUT2D eigenvalue weighted by Gasteiger charge is -2.14. The van der Waals surface area contributed by atoms with Crippen LogP contribution in [0.3, 0.4) is 0 Å². The predicted octanol–water partition coefficient (Wildman–Crippen LogP) is 3.28. The number of nitrogens with one attached hydrogen (secondary N) is 2. The van der Waals surface area contributed by atoms with Gasteiger partial charge in [-0.2, -0.15) is 8.78 Å². The van der Waals surface area contributed by atoms with Gasteiger partial charge in [0.05, 0.1) is 17.8 Å². The van der Waals surface area contributed by atoms with Crippen LogP contribution in [-0.4, -0.2) is 38.3 Å². The fourth-order valence-corrected chi connectivity index (χ4v) is 3.29. The van der Waals surface area contributed by atoms with Gasteiger partial charge in [0.1, 0.15) is 0 Å². The van der Waals surface area contributed by atoms with Crippen molar-refractivity contribution in [3.8, 4) is 11.5 Å². The first kappa shape index (κ1) is 20.9. The molecule has 0 unspecified atom stereocenters. The lowest BCUT2D eigenvalue weighted by atomic mass is 10.2. The van der Waals surface area contributed by atoms with Gasteiger partial charge in [-0.3, -0.25) is 4.99 Å². The highest BCUT2D eigenvalue weighted by atomic mass is 32.1. The monoisotopic (exact) mass is 398 g/mol. The maximum atomic E-state index is 12.5. The zero-order valence-electron chi connectivity index (χ0n) is 15.8. The zero-order chi connectivity index (χ0) is 19.8. The smallest absolute Gasteiger partial charge is 0.387 e. The van der Waals surface area contributed by atoms with E-state index in [0.717, 1.165) is 22.7 Å². The molecule has 2 aromatic rings. The number of aromatic nitrogens is 1. The van der Waals surface area contributed by atoms with Crippen LogP contribution in [0.2, 0.25) is 0 Å². The molecule has 1 aromatic carbocycles. The van der Waals surface area contributed by atoms with E-state index in [4.69, 9.17) is 4.74 Å². The van der Waals surface area contributed by atoms with E-state index in [-0.39, 0.29) is 11.5 Å². The summed E-state index contributed by atoms with van der Waals surface area (Å²) < 4.78 is 34.6. The van der Waals surface area contributed by atoms with Crippen molar-refractivity contribution < 1.29 is 18.3 Å². The van der Waals surface area contributed by atoms with Crippen molar-refractivity contribution in [1.29, 1.82) is 0 Å². The molecule has 2 rings (SSSR count). The minimum Gasteiger partial charge on any atom is -0.493 e. The summed E-state index contributed by atoms with van der Waals surface area (Å²) in [4.78, 5) is 9.90. The first-order valence-electron chi connectivity index (χ1n) is 8.42. The van der Waals surface area contributed by atoms with Crippen LogP contribution in [-0.2, 0) is 13.0 Å². The van der Waals surface area contributed by atoms with E-state index in [1.54, 1.807) is 30.5 Å². The molecule has 2 N–H and O–H groups in total. The third kappa shape index (κ3) is 6.35. The number of aryl methyl sites for hydroxylation is 2. The number of ether oxygens (including phenoxy) is 2. The van der Waals surface area contributed by atoms with Crippen molar-refractivity contribution in [2.24, 2.45) is 4.99 Å². The number of hydrogen-bond donors (Lipinski definition) is 2. The summed E-state index contributed by atoms with van der Waals surface area (Å²) in [5.74, 6) is 0.881. The number of benzene rings is 1. The molecule has 0 bridgehead atoms. The van der Waals surface area contributed by atoms with Crippen molar-refractivity contribution in [3.05, 3.63) is 39.3 Å². The highest BCUT2D eigenvalue weighted by Crippen LogP contribution is 2.29.